The Bertz CT molecular complexity index is 770. The van der Waals surface area contributed by atoms with Crippen molar-refractivity contribution in [1.29, 1.82) is 0 Å². The fourth-order valence-electron chi connectivity index (χ4n) is 3.47. The van der Waals surface area contributed by atoms with Crippen molar-refractivity contribution in [2.45, 2.75) is 31.5 Å². The van der Waals surface area contributed by atoms with Gasteiger partial charge in [-0.25, -0.2) is 0 Å². The van der Waals surface area contributed by atoms with Crippen molar-refractivity contribution < 1.29 is 18.1 Å². The number of likely N-dealkylation sites (tertiary alicyclic amines) is 1. The number of nitro groups is 1. The highest BCUT2D eigenvalue weighted by atomic mass is 19.4. The highest BCUT2D eigenvalue weighted by molar-refractivity contribution is 5.46. The standard InChI is InChI=1S/C19H19F3N2O2/c20-19(21,22)16-6-7-17(18(12-16)24(25)26)15-8-10-23(11-9-15)13-14-4-2-1-3-5-14/h1-7,12,15H,8-11,13H2. The van der Waals surface area contributed by atoms with Crippen molar-refractivity contribution in [3.05, 3.63) is 75.3 Å². The van der Waals surface area contributed by atoms with Crippen molar-refractivity contribution in [2.24, 2.45) is 0 Å². The van der Waals surface area contributed by atoms with Crippen LogP contribution in [0.2, 0.25) is 0 Å². The predicted octanol–water partition coefficient (Wildman–Crippen LogP) is 4.99. The number of halogens is 3. The summed E-state index contributed by atoms with van der Waals surface area (Å²) < 4.78 is 38.5. The summed E-state index contributed by atoms with van der Waals surface area (Å²) in [7, 11) is 0. The van der Waals surface area contributed by atoms with Gasteiger partial charge >= 0.3 is 6.18 Å². The number of piperidine rings is 1. The van der Waals surface area contributed by atoms with Gasteiger partial charge in [0.25, 0.3) is 5.69 Å². The van der Waals surface area contributed by atoms with Crippen LogP contribution in [0, 0.1) is 10.1 Å². The zero-order chi connectivity index (χ0) is 18.7. The first-order valence-corrected chi connectivity index (χ1v) is 8.46. The molecule has 4 nitrogen and oxygen atoms in total. The summed E-state index contributed by atoms with van der Waals surface area (Å²) in [6.45, 7) is 2.33. The predicted molar refractivity (Wildman–Crippen MR) is 91.8 cm³/mol. The van der Waals surface area contributed by atoms with E-state index in [1.54, 1.807) is 0 Å². The molecule has 0 aromatic heterocycles. The molecule has 138 valence electrons. The Hall–Kier alpha value is -2.41. The largest absolute Gasteiger partial charge is 0.416 e. The fraction of sp³-hybridized carbons (Fsp3) is 0.368. The molecule has 0 amide bonds. The van der Waals surface area contributed by atoms with Crippen LogP contribution in [0.5, 0.6) is 0 Å². The summed E-state index contributed by atoms with van der Waals surface area (Å²) in [5.41, 5.74) is 0.199. The third kappa shape index (κ3) is 4.22. The zero-order valence-corrected chi connectivity index (χ0v) is 14.1. The van der Waals surface area contributed by atoms with Crippen LogP contribution >= 0.6 is 0 Å². The molecule has 1 aliphatic rings. The molecular formula is C19H19F3N2O2. The minimum Gasteiger partial charge on any atom is -0.299 e. The van der Waals surface area contributed by atoms with Crippen LogP contribution in [-0.2, 0) is 12.7 Å². The van der Waals surface area contributed by atoms with Crippen LogP contribution in [0.4, 0.5) is 18.9 Å². The van der Waals surface area contributed by atoms with Gasteiger partial charge in [0.05, 0.1) is 10.5 Å². The summed E-state index contributed by atoms with van der Waals surface area (Å²) >= 11 is 0. The Morgan fingerprint density at radius 2 is 1.73 bits per heavy atom. The maximum atomic E-state index is 12.8. The van der Waals surface area contributed by atoms with E-state index in [0.717, 1.165) is 25.7 Å². The number of hydrogen-bond acceptors (Lipinski definition) is 3. The number of rotatable bonds is 4. The molecule has 0 N–H and O–H groups in total. The van der Waals surface area contributed by atoms with E-state index >= 15 is 0 Å². The van der Waals surface area contributed by atoms with Gasteiger partial charge in [0, 0.05) is 18.2 Å². The lowest BCUT2D eigenvalue weighted by Gasteiger charge is -2.32. The van der Waals surface area contributed by atoms with Crippen molar-refractivity contribution in [1.82, 2.24) is 4.90 Å². The van der Waals surface area contributed by atoms with Gasteiger partial charge in [-0.3, -0.25) is 15.0 Å². The Labute approximate surface area is 149 Å². The van der Waals surface area contributed by atoms with Crippen molar-refractivity contribution in [2.75, 3.05) is 13.1 Å². The van der Waals surface area contributed by atoms with Gasteiger partial charge < -0.3 is 0 Å². The first-order valence-electron chi connectivity index (χ1n) is 8.46. The van der Waals surface area contributed by atoms with Crippen LogP contribution < -0.4 is 0 Å². The van der Waals surface area contributed by atoms with E-state index in [1.807, 2.05) is 30.3 Å². The molecule has 0 spiro atoms. The lowest BCUT2D eigenvalue weighted by Crippen LogP contribution is -2.32. The first kappa shape index (κ1) is 18.4. The minimum atomic E-state index is -4.58. The molecule has 0 radical (unpaired) electrons. The van der Waals surface area contributed by atoms with Crippen molar-refractivity contribution in [3.63, 3.8) is 0 Å². The molecule has 7 heteroatoms. The van der Waals surface area contributed by atoms with Gasteiger partial charge in [-0.05, 0) is 43.5 Å². The monoisotopic (exact) mass is 364 g/mol. The smallest absolute Gasteiger partial charge is 0.299 e. The van der Waals surface area contributed by atoms with Gasteiger partial charge in [0.1, 0.15) is 0 Å². The summed E-state index contributed by atoms with van der Waals surface area (Å²) in [6.07, 6.45) is -3.19. The van der Waals surface area contributed by atoms with E-state index < -0.39 is 22.4 Å². The quantitative estimate of drug-likeness (QED) is 0.567. The molecule has 26 heavy (non-hydrogen) atoms. The highest BCUT2D eigenvalue weighted by Gasteiger charge is 2.34. The fourth-order valence-corrected chi connectivity index (χ4v) is 3.47. The average molecular weight is 364 g/mol. The first-order chi connectivity index (χ1) is 12.3. The lowest BCUT2D eigenvalue weighted by molar-refractivity contribution is -0.386. The summed E-state index contributed by atoms with van der Waals surface area (Å²) in [5.74, 6) is -0.0929. The molecule has 0 unspecified atom stereocenters. The van der Waals surface area contributed by atoms with Crippen molar-refractivity contribution in [3.8, 4) is 0 Å². The van der Waals surface area contributed by atoms with E-state index in [1.165, 1.54) is 11.6 Å². The molecular weight excluding hydrogens is 345 g/mol. The molecule has 3 rings (SSSR count). The van der Waals surface area contributed by atoms with Crippen LogP contribution in [0.15, 0.2) is 48.5 Å². The Kier molecular flexibility index (Phi) is 5.27. The second kappa shape index (κ2) is 7.45. The van der Waals surface area contributed by atoms with E-state index in [-0.39, 0.29) is 5.92 Å². The van der Waals surface area contributed by atoms with E-state index in [4.69, 9.17) is 0 Å². The molecule has 2 aromatic rings. The molecule has 0 atom stereocenters. The zero-order valence-electron chi connectivity index (χ0n) is 14.1. The number of benzene rings is 2. The summed E-state index contributed by atoms with van der Waals surface area (Å²) in [6, 6.07) is 12.9. The molecule has 0 bridgehead atoms. The second-order valence-electron chi connectivity index (χ2n) is 6.56. The third-order valence-corrected chi connectivity index (χ3v) is 4.83. The summed E-state index contributed by atoms with van der Waals surface area (Å²) in [4.78, 5) is 12.8. The van der Waals surface area contributed by atoms with Crippen LogP contribution in [-0.4, -0.2) is 22.9 Å². The molecule has 1 saturated heterocycles. The molecule has 1 aliphatic heterocycles. The maximum absolute atomic E-state index is 12.8. The maximum Gasteiger partial charge on any atom is 0.416 e. The molecule has 1 heterocycles. The van der Waals surface area contributed by atoms with Gasteiger partial charge in [0.15, 0.2) is 0 Å². The molecule has 1 fully saturated rings. The number of alkyl halides is 3. The van der Waals surface area contributed by atoms with Gasteiger partial charge in [-0.1, -0.05) is 36.4 Å². The van der Waals surface area contributed by atoms with Gasteiger partial charge in [-0.15, -0.1) is 0 Å². The lowest BCUT2D eigenvalue weighted by atomic mass is 9.87. The van der Waals surface area contributed by atoms with Crippen LogP contribution in [0.25, 0.3) is 0 Å². The average Bonchev–Trinajstić information content (AvgIpc) is 2.62. The topological polar surface area (TPSA) is 46.4 Å². The van der Waals surface area contributed by atoms with E-state index in [9.17, 15) is 23.3 Å². The Morgan fingerprint density at radius 3 is 2.31 bits per heavy atom. The van der Waals surface area contributed by atoms with Crippen LogP contribution in [0.3, 0.4) is 0 Å². The molecule has 0 saturated carbocycles. The minimum absolute atomic E-state index is 0.0929. The highest BCUT2D eigenvalue weighted by Crippen LogP contribution is 2.38. The molecule has 2 aromatic carbocycles. The third-order valence-electron chi connectivity index (χ3n) is 4.83. The SMILES string of the molecule is O=[N+]([O-])c1cc(C(F)(F)F)ccc1C1CCN(Cc2ccccc2)CC1. The van der Waals surface area contributed by atoms with Crippen LogP contribution in [0.1, 0.15) is 35.4 Å². The Morgan fingerprint density at radius 1 is 1.08 bits per heavy atom. The normalized spacial score (nSPS) is 16.6. The number of nitro benzene ring substituents is 1. The van der Waals surface area contributed by atoms with E-state index in [0.29, 0.717) is 24.5 Å². The summed E-state index contributed by atoms with van der Waals surface area (Å²) in [5, 5.41) is 11.3. The second-order valence-corrected chi connectivity index (χ2v) is 6.56. The Balaban J connectivity index is 1.72. The number of hydrogen-bond donors (Lipinski definition) is 0. The number of nitrogens with zero attached hydrogens (tertiary/aromatic N) is 2. The van der Waals surface area contributed by atoms with Crippen molar-refractivity contribution >= 4 is 5.69 Å². The van der Waals surface area contributed by atoms with E-state index in [2.05, 4.69) is 4.90 Å². The van der Waals surface area contributed by atoms with Gasteiger partial charge in [0.2, 0.25) is 0 Å². The molecule has 0 aliphatic carbocycles. The van der Waals surface area contributed by atoms with Gasteiger partial charge in [-0.2, -0.15) is 13.2 Å².